The Balaban J connectivity index is 2.23. The summed E-state index contributed by atoms with van der Waals surface area (Å²) in [7, 11) is 1.31. The number of nitrogen functional groups attached to an aromatic ring is 1. The number of aromatic nitrogens is 2. The van der Waals surface area contributed by atoms with E-state index in [1.54, 1.807) is 9.58 Å². The number of hydrogen-bond donors (Lipinski definition) is 1. The molecule has 8 nitrogen and oxygen atoms in total. The summed E-state index contributed by atoms with van der Waals surface area (Å²) in [5, 5.41) is 4.26. The van der Waals surface area contributed by atoms with Crippen molar-refractivity contribution in [1.29, 1.82) is 0 Å². The van der Waals surface area contributed by atoms with Crippen molar-refractivity contribution in [3.05, 3.63) is 11.3 Å². The van der Waals surface area contributed by atoms with Crippen LogP contribution in [0.2, 0.25) is 0 Å². The molecule has 0 spiro atoms. The van der Waals surface area contributed by atoms with Crippen molar-refractivity contribution in [3.8, 4) is 0 Å². The minimum Gasteiger partial charge on any atom is -0.464 e. The average molecular weight is 338 g/mol. The predicted molar refractivity (Wildman–Crippen MR) is 88.8 cm³/mol. The van der Waals surface area contributed by atoms with Crippen molar-refractivity contribution in [3.63, 3.8) is 0 Å². The number of aryl methyl sites for hydroxylation is 1. The number of amides is 1. The maximum Gasteiger partial charge on any atom is 0.410 e. The molecule has 2 heterocycles. The molecule has 8 heteroatoms. The van der Waals surface area contributed by atoms with E-state index in [-0.39, 0.29) is 17.7 Å². The molecule has 1 aromatic rings. The lowest BCUT2D eigenvalue weighted by Crippen LogP contribution is -2.35. The molecule has 1 saturated heterocycles. The Hall–Kier alpha value is -2.25. The number of hydrogen-bond acceptors (Lipinski definition) is 6. The molecule has 0 aromatic carbocycles. The van der Waals surface area contributed by atoms with E-state index in [9.17, 15) is 9.59 Å². The second-order valence-corrected chi connectivity index (χ2v) is 6.87. The summed E-state index contributed by atoms with van der Waals surface area (Å²) < 4.78 is 11.8. The third kappa shape index (κ3) is 3.63. The van der Waals surface area contributed by atoms with Crippen LogP contribution in [0.1, 0.15) is 56.1 Å². The quantitative estimate of drug-likeness (QED) is 0.846. The van der Waals surface area contributed by atoms with Gasteiger partial charge in [-0.25, -0.2) is 14.3 Å². The molecule has 0 radical (unpaired) electrons. The zero-order valence-electron chi connectivity index (χ0n) is 15.0. The van der Waals surface area contributed by atoms with Crippen LogP contribution >= 0.6 is 0 Å². The van der Waals surface area contributed by atoms with Crippen molar-refractivity contribution in [1.82, 2.24) is 14.7 Å². The SMILES string of the molecule is CCn1nc(C(=O)OC)c(C2CCN(C(=O)OC(C)(C)C)C2)c1N. The van der Waals surface area contributed by atoms with Crippen LogP contribution in [0.4, 0.5) is 10.6 Å². The van der Waals surface area contributed by atoms with Crippen LogP contribution in [0, 0.1) is 0 Å². The summed E-state index contributed by atoms with van der Waals surface area (Å²) in [6.45, 7) is 8.94. The summed E-state index contributed by atoms with van der Waals surface area (Å²) in [4.78, 5) is 25.9. The number of rotatable bonds is 3. The van der Waals surface area contributed by atoms with Gasteiger partial charge in [0.05, 0.1) is 7.11 Å². The van der Waals surface area contributed by atoms with Gasteiger partial charge in [-0.1, -0.05) is 0 Å². The molecule has 0 saturated carbocycles. The van der Waals surface area contributed by atoms with Crippen LogP contribution in [0.25, 0.3) is 0 Å². The largest absolute Gasteiger partial charge is 0.464 e. The smallest absolute Gasteiger partial charge is 0.410 e. The van der Waals surface area contributed by atoms with E-state index in [0.29, 0.717) is 37.4 Å². The molecule has 2 rings (SSSR count). The first-order chi connectivity index (χ1) is 11.2. The summed E-state index contributed by atoms with van der Waals surface area (Å²) in [6, 6.07) is 0. The second-order valence-electron chi connectivity index (χ2n) is 6.87. The molecule has 134 valence electrons. The Morgan fingerprint density at radius 3 is 2.58 bits per heavy atom. The molecule has 0 bridgehead atoms. The number of nitrogens with two attached hydrogens (primary N) is 1. The maximum atomic E-state index is 12.2. The number of esters is 1. The predicted octanol–water partition coefficient (Wildman–Crippen LogP) is 2.00. The van der Waals surface area contributed by atoms with Crippen molar-refractivity contribution >= 4 is 17.9 Å². The van der Waals surface area contributed by atoms with Crippen LogP contribution in [-0.4, -0.2) is 52.5 Å². The molecule has 1 unspecified atom stereocenters. The van der Waals surface area contributed by atoms with Gasteiger partial charge >= 0.3 is 12.1 Å². The van der Waals surface area contributed by atoms with Gasteiger partial charge in [0.25, 0.3) is 0 Å². The van der Waals surface area contributed by atoms with E-state index in [0.717, 1.165) is 0 Å². The summed E-state index contributed by atoms with van der Waals surface area (Å²) >= 11 is 0. The van der Waals surface area contributed by atoms with Gasteiger partial charge in [0.15, 0.2) is 5.69 Å². The number of anilines is 1. The van der Waals surface area contributed by atoms with E-state index in [1.165, 1.54) is 7.11 Å². The first-order valence-corrected chi connectivity index (χ1v) is 8.10. The molecule has 1 atom stereocenters. The van der Waals surface area contributed by atoms with Crippen molar-refractivity contribution in [2.24, 2.45) is 0 Å². The molecule has 1 aromatic heterocycles. The Labute approximate surface area is 141 Å². The van der Waals surface area contributed by atoms with Gasteiger partial charge < -0.3 is 20.1 Å². The minimum atomic E-state index is -0.543. The first kappa shape index (κ1) is 18.1. The van der Waals surface area contributed by atoms with Gasteiger partial charge in [-0.3, -0.25) is 0 Å². The third-order valence-corrected chi connectivity index (χ3v) is 3.96. The fraction of sp³-hybridized carbons (Fsp3) is 0.688. The molecule has 1 amide bonds. The number of carbonyl (C=O) groups is 2. The Kier molecular flexibility index (Phi) is 5.05. The molecular formula is C16H26N4O4. The minimum absolute atomic E-state index is 0.0630. The van der Waals surface area contributed by atoms with Gasteiger partial charge in [-0.15, -0.1) is 0 Å². The lowest BCUT2D eigenvalue weighted by atomic mass is 9.98. The van der Waals surface area contributed by atoms with Crippen LogP contribution in [0.5, 0.6) is 0 Å². The number of methoxy groups -OCH3 is 1. The lowest BCUT2D eigenvalue weighted by molar-refractivity contribution is 0.0292. The molecular weight excluding hydrogens is 312 g/mol. The monoisotopic (exact) mass is 338 g/mol. The zero-order valence-corrected chi connectivity index (χ0v) is 15.0. The number of carbonyl (C=O) groups excluding carboxylic acids is 2. The average Bonchev–Trinajstić information content (AvgIpc) is 3.09. The van der Waals surface area contributed by atoms with Crippen molar-refractivity contribution in [2.45, 2.75) is 52.2 Å². The number of nitrogens with zero attached hydrogens (tertiary/aromatic N) is 3. The molecule has 1 aliphatic heterocycles. The lowest BCUT2D eigenvalue weighted by Gasteiger charge is -2.24. The topological polar surface area (TPSA) is 99.7 Å². The summed E-state index contributed by atoms with van der Waals surface area (Å²) in [6.07, 6.45) is 0.342. The number of likely N-dealkylation sites (tertiary alicyclic amines) is 1. The van der Waals surface area contributed by atoms with Crippen LogP contribution in [0.15, 0.2) is 0 Å². The highest BCUT2D eigenvalue weighted by Gasteiger charge is 2.35. The molecule has 1 fully saturated rings. The highest BCUT2D eigenvalue weighted by molar-refractivity contribution is 5.90. The highest BCUT2D eigenvalue weighted by Crippen LogP contribution is 2.34. The van der Waals surface area contributed by atoms with E-state index in [4.69, 9.17) is 15.2 Å². The maximum absolute atomic E-state index is 12.2. The van der Waals surface area contributed by atoms with Crippen LogP contribution in [-0.2, 0) is 16.0 Å². The van der Waals surface area contributed by atoms with E-state index >= 15 is 0 Å². The molecule has 24 heavy (non-hydrogen) atoms. The van der Waals surface area contributed by atoms with Crippen LogP contribution < -0.4 is 5.73 Å². The molecule has 2 N–H and O–H groups in total. The van der Waals surface area contributed by atoms with Crippen molar-refractivity contribution < 1.29 is 19.1 Å². The van der Waals surface area contributed by atoms with Gasteiger partial charge in [0, 0.05) is 31.1 Å². The Morgan fingerprint density at radius 1 is 1.38 bits per heavy atom. The normalized spacial score (nSPS) is 17.9. The summed E-state index contributed by atoms with van der Waals surface area (Å²) in [5.74, 6) is -0.125. The third-order valence-electron chi connectivity index (χ3n) is 3.96. The molecule has 1 aliphatic rings. The fourth-order valence-electron chi connectivity index (χ4n) is 2.87. The first-order valence-electron chi connectivity index (χ1n) is 8.10. The van der Waals surface area contributed by atoms with E-state index < -0.39 is 11.6 Å². The zero-order chi connectivity index (χ0) is 18.1. The van der Waals surface area contributed by atoms with Gasteiger partial charge in [0.2, 0.25) is 0 Å². The van der Waals surface area contributed by atoms with Crippen molar-refractivity contribution in [2.75, 3.05) is 25.9 Å². The van der Waals surface area contributed by atoms with Crippen LogP contribution in [0.3, 0.4) is 0 Å². The van der Waals surface area contributed by atoms with Gasteiger partial charge in [-0.05, 0) is 34.1 Å². The van der Waals surface area contributed by atoms with Gasteiger partial charge in [0.1, 0.15) is 11.4 Å². The van der Waals surface area contributed by atoms with E-state index in [2.05, 4.69) is 5.10 Å². The molecule has 0 aliphatic carbocycles. The fourth-order valence-corrected chi connectivity index (χ4v) is 2.87. The summed E-state index contributed by atoms with van der Waals surface area (Å²) in [5.41, 5.74) is 6.52. The standard InChI is InChI=1S/C16H26N4O4/c1-6-20-13(17)11(12(18-20)14(21)23-5)10-7-8-19(9-10)15(22)24-16(2,3)4/h10H,6-9,17H2,1-5H3. The Bertz CT molecular complexity index is 633. The second kappa shape index (κ2) is 6.70. The Morgan fingerprint density at radius 2 is 2.04 bits per heavy atom. The highest BCUT2D eigenvalue weighted by atomic mass is 16.6. The number of ether oxygens (including phenoxy) is 2. The van der Waals surface area contributed by atoms with Gasteiger partial charge in [-0.2, -0.15) is 5.10 Å². The van der Waals surface area contributed by atoms with E-state index in [1.807, 2.05) is 27.7 Å².